The van der Waals surface area contributed by atoms with Crippen molar-refractivity contribution in [3.8, 4) is 11.1 Å². The summed E-state index contributed by atoms with van der Waals surface area (Å²) in [4.78, 5) is 21.6. The van der Waals surface area contributed by atoms with E-state index in [4.69, 9.17) is 9.97 Å². The van der Waals surface area contributed by atoms with E-state index in [1.807, 2.05) is 48.2 Å². The normalized spacial score (nSPS) is 19.0. The van der Waals surface area contributed by atoms with E-state index < -0.39 is 0 Å². The number of anilines is 1. The molecular formula is C25H30N8. The van der Waals surface area contributed by atoms with Crippen molar-refractivity contribution in [3.63, 3.8) is 0 Å². The van der Waals surface area contributed by atoms with Gasteiger partial charge in [0, 0.05) is 68.3 Å². The zero-order valence-corrected chi connectivity index (χ0v) is 19.4. The molecule has 2 aliphatic heterocycles. The summed E-state index contributed by atoms with van der Waals surface area (Å²) in [7, 11) is 2.22. The molecular weight excluding hydrogens is 412 g/mol. The summed E-state index contributed by atoms with van der Waals surface area (Å²) in [6.45, 7) is 8.90. The lowest BCUT2D eigenvalue weighted by Gasteiger charge is -2.42. The van der Waals surface area contributed by atoms with Crippen LogP contribution in [0.25, 0.3) is 27.8 Å². The largest absolute Gasteiger partial charge is 0.369 e. The topological polar surface area (TPSA) is 65.7 Å². The van der Waals surface area contributed by atoms with Crippen LogP contribution in [-0.2, 0) is 0 Å². The van der Waals surface area contributed by atoms with Crippen molar-refractivity contribution in [2.24, 2.45) is 0 Å². The number of pyridine rings is 2. The molecule has 33 heavy (non-hydrogen) atoms. The summed E-state index contributed by atoms with van der Waals surface area (Å²) in [6, 6.07) is 6.72. The first-order valence-electron chi connectivity index (χ1n) is 11.9. The Kier molecular flexibility index (Phi) is 5.19. The predicted molar refractivity (Wildman–Crippen MR) is 131 cm³/mol. The molecule has 4 aromatic rings. The van der Waals surface area contributed by atoms with E-state index in [9.17, 15) is 0 Å². The minimum Gasteiger partial charge on any atom is -0.369 e. The molecule has 0 radical (unpaired) electrons. The fourth-order valence-corrected chi connectivity index (χ4v) is 5.23. The first-order valence-corrected chi connectivity index (χ1v) is 11.9. The molecule has 0 amide bonds. The summed E-state index contributed by atoms with van der Waals surface area (Å²) in [5.74, 6) is 0. The highest BCUT2D eigenvalue weighted by Crippen LogP contribution is 2.30. The van der Waals surface area contributed by atoms with Gasteiger partial charge in [0.2, 0.25) is 0 Å². The van der Waals surface area contributed by atoms with Crippen LogP contribution in [0.4, 0.5) is 5.69 Å². The van der Waals surface area contributed by atoms with Crippen molar-refractivity contribution in [3.05, 3.63) is 48.7 Å². The summed E-state index contributed by atoms with van der Waals surface area (Å²) < 4.78 is 1.90. The average Bonchev–Trinajstić information content (AvgIpc) is 3.27. The van der Waals surface area contributed by atoms with Gasteiger partial charge in [0.25, 0.3) is 0 Å². The predicted octanol–water partition coefficient (Wildman–Crippen LogP) is 2.86. The molecule has 2 aliphatic rings. The standard InChI is InChI=1S/C25H30N8/c1-18-3-4-23-24(29-18)21(5-8-26-23)22-16-28-33-17-20(15-27-25(22)33)31-9-6-19(7-10-31)32-13-11-30(2)12-14-32/h3-5,8,15-17,19H,6-7,9-14H2,1-2H3. The van der Waals surface area contributed by atoms with Gasteiger partial charge < -0.3 is 9.80 Å². The molecule has 0 bridgehead atoms. The number of likely N-dealkylation sites (N-methyl/N-ethyl adjacent to an activating group) is 1. The van der Waals surface area contributed by atoms with Crippen LogP contribution in [0, 0.1) is 6.92 Å². The molecule has 4 aromatic heterocycles. The number of nitrogens with zero attached hydrogens (tertiary/aromatic N) is 8. The molecule has 0 N–H and O–H groups in total. The number of aromatic nitrogens is 5. The third kappa shape index (κ3) is 3.83. The molecule has 0 spiro atoms. The lowest BCUT2D eigenvalue weighted by molar-refractivity contribution is 0.0982. The summed E-state index contributed by atoms with van der Waals surface area (Å²) >= 11 is 0. The second-order valence-corrected chi connectivity index (χ2v) is 9.37. The van der Waals surface area contributed by atoms with Crippen LogP contribution in [0.2, 0.25) is 0 Å². The third-order valence-corrected chi connectivity index (χ3v) is 7.24. The maximum absolute atomic E-state index is 4.83. The van der Waals surface area contributed by atoms with Crippen molar-refractivity contribution < 1.29 is 0 Å². The molecule has 6 heterocycles. The Balaban J connectivity index is 1.23. The number of piperidine rings is 1. The molecule has 170 valence electrons. The molecule has 0 atom stereocenters. The van der Waals surface area contributed by atoms with E-state index >= 15 is 0 Å². The van der Waals surface area contributed by atoms with Crippen LogP contribution in [0.15, 0.2) is 43.0 Å². The van der Waals surface area contributed by atoms with Crippen LogP contribution in [0.3, 0.4) is 0 Å². The Bertz CT molecular complexity index is 1280. The van der Waals surface area contributed by atoms with Gasteiger partial charge in [-0.1, -0.05) is 0 Å². The molecule has 8 nitrogen and oxygen atoms in total. The van der Waals surface area contributed by atoms with Gasteiger partial charge in [-0.3, -0.25) is 14.9 Å². The van der Waals surface area contributed by atoms with Crippen molar-refractivity contribution in [1.82, 2.24) is 34.4 Å². The Hall–Kier alpha value is -3.10. The smallest absolute Gasteiger partial charge is 0.163 e. The maximum atomic E-state index is 4.83. The van der Waals surface area contributed by atoms with Crippen LogP contribution < -0.4 is 4.90 Å². The number of hydrogen-bond donors (Lipinski definition) is 0. The lowest BCUT2D eigenvalue weighted by Crippen LogP contribution is -2.52. The average molecular weight is 443 g/mol. The minimum atomic E-state index is 0.707. The van der Waals surface area contributed by atoms with Gasteiger partial charge in [-0.15, -0.1) is 0 Å². The van der Waals surface area contributed by atoms with Gasteiger partial charge in [-0.05, 0) is 45.0 Å². The zero-order chi connectivity index (χ0) is 22.4. The van der Waals surface area contributed by atoms with Crippen LogP contribution in [0.1, 0.15) is 18.5 Å². The highest BCUT2D eigenvalue weighted by atomic mass is 15.3. The summed E-state index contributed by atoms with van der Waals surface area (Å²) in [5, 5.41) is 4.64. The zero-order valence-electron chi connectivity index (χ0n) is 19.4. The molecule has 0 unspecified atom stereocenters. The minimum absolute atomic E-state index is 0.707. The fourth-order valence-electron chi connectivity index (χ4n) is 5.23. The van der Waals surface area contributed by atoms with E-state index in [1.54, 1.807) is 0 Å². The van der Waals surface area contributed by atoms with Gasteiger partial charge >= 0.3 is 0 Å². The number of aryl methyl sites for hydroxylation is 1. The summed E-state index contributed by atoms with van der Waals surface area (Å²) in [5.41, 5.74) is 6.75. The Morgan fingerprint density at radius 1 is 0.879 bits per heavy atom. The molecule has 2 fully saturated rings. The molecule has 2 saturated heterocycles. The van der Waals surface area contributed by atoms with Gasteiger partial charge in [0.15, 0.2) is 5.65 Å². The fraction of sp³-hybridized carbons (Fsp3) is 0.440. The van der Waals surface area contributed by atoms with Gasteiger partial charge in [0.05, 0.1) is 35.3 Å². The number of fused-ring (bicyclic) bond motifs is 2. The van der Waals surface area contributed by atoms with E-state index in [0.29, 0.717) is 6.04 Å². The quantitative estimate of drug-likeness (QED) is 0.483. The maximum Gasteiger partial charge on any atom is 0.163 e. The summed E-state index contributed by atoms with van der Waals surface area (Å²) in [6.07, 6.45) is 10.3. The van der Waals surface area contributed by atoms with Crippen molar-refractivity contribution >= 4 is 22.4 Å². The van der Waals surface area contributed by atoms with Gasteiger partial charge in [-0.25, -0.2) is 9.50 Å². The van der Waals surface area contributed by atoms with E-state index in [-0.39, 0.29) is 0 Å². The molecule has 0 saturated carbocycles. The second-order valence-electron chi connectivity index (χ2n) is 9.37. The Morgan fingerprint density at radius 2 is 1.70 bits per heavy atom. The van der Waals surface area contributed by atoms with E-state index in [0.717, 1.165) is 52.3 Å². The molecule has 0 aromatic carbocycles. The van der Waals surface area contributed by atoms with Gasteiger partial charge in [0.1, 0.15) is 0 Å². The van der Waals surface area contributed by atoms with E-state index in [1.165, 1.54) is 39.0 Å². The molecule has 8 heteroatoms. The van der Waals surface area contributed by atoms with Gasteiger partial charge in [-0.2, -0.15) is 5.10 Å². The lowest BCUT2D eigenvalue weighted by atomic mass is 10.0. The first-order chi connectivity index (χ1) is 16.2. The van der Waals surface area contributed by atoms with Crippen molar-refractivity contribution in [2.75, 3.05) is 51.2 Å². The second kappa shape index (κ2) is 8.35. The SMILES string of the molecule is Cc1ccc2nccc(-c3cnn4cc(N5CCC(N6CCN(C)CC6)CC5)cnc34)c2n1. The number of hydrogen-bond acceptors (Lipinski definition) is 7. The third-order valence-electron chi connectivity index (χ3n) is 7.24. The van der Waals surface area contributed by atoms with Crippen molar-refractivity contribution in [2.45, 2.75) is 25.8 Å². The van der Waals surface area contributed by atoms with Crippen molar-refractivity contribution in [1.29, 1.82) is 0 Å². The highest BCUT2D eigenvalue weighted by Gasteiger charge is 2.27. The van der Waals surface area contributed by atoms with Crippen LogP contribution >= 0.6 is 0 Å². The van der Waals surface area contributed by atoms with E-state index in [2.05, 4.69) is 38.0 Å². The highest BCUT2D eigenvalue weighted by molar-refractivity contribution is 5.95. The van der Waals surface area contributed by atoms with Crippen LogP contribution in [0.5, 0.6) is 0 Å². The number of rotatable bonds is 3. The Morgan fingerprint density at radius 3 is 2.52 bits per heavy atom. The number of piperazine rings is 1. The monoisotopic (exact) mass is 442 g/mol. The molecule has 0 aliphatic carbocycles. The van der Waals surface area contributed by atoms with Crippen LogP contribution in [-0.4, -0.2) is 86.7 Å². The Labute approximate surface area is 193 Å². The first kappa shape index (κ1) is 20.5. The molecule has 6 rings (SSSR count).